The van der Waals surface area contributed by atoms with E-state index in [1.807, 2.05) is 18.2 Å². The largest absolute Gasteiger partial charge is 0.397 e. The first-order valence-corrected chi connectivity index (χ1v) is 5.84. The Labute approximate surface area is 96.0 Å². The van der Waals surface area contributed by atoms with Gasteiger partial charge >= 0.3 is 0 Å². The van der Waals surface area contributed by atoms with E-state index in [2.05, 4.69) is 11.8 Å². The van der Waals surface area contributed by atoms with Gasteiger partial charge in [0.25, 0.3) is 0 Å². The Kier molecular flexibility index (Phi) is 3.06. The number of hydrogen-bond acceptors (Lipinski definition) is 2. The highest BCUT2D eigenvalue weighted by Gasteiger charge is 2.17. The van der Waals surface area contributed by atoms with Gasteiger partial charge in [0.1, 0.15) is 0 Å². The Morgan fingerprint density at radius 1 is 1.33 bits per heavy atom. The number of nitrogens with zero attached hydrogens (tertiary/aromatic N) is 1. The molecule has 0 saturated carbocycles. The molecular weight excluding hydrogens is 208 g/mol. The summed E-state index contributed by atoms with van der Waals surface area (Å²) in [7, 11) is 0. The molecule has 0 spiro atoms. The number of anilines is 2. The molecule has 0 atom stereocenters. The number of nitrogens with two attached hydrogens (primary N) is 1. The summed E-state index contributed by atoms with van der Waals surface area (Å²) in [4.78, 5) is 2.33. The van der Waals surface area contributed by atoms with Crippen LogP contribution in [0.15, 0.2) is 18.2 Å². The van der Waals surface area contributed by atoms with E-state index < -0.39 is 0 Å². The minimum Gasteiger partial charge on any atom is -0.397 e. The standard InChI is InChI=1S/C12H17ClN2/c1-9-4-6-15(7-5-9)12-8-10(13)2-3-11(12)14/h2-3,8-9H,4-7,14H2,1H3. The van der Waals surface area contributed by atoms with Crippen LogP contribution < -0.4 is 10.6 Å². The van der Waals surface area contributed by atoms with Crippen molar-refractivity contribution in [3.8, 4) is 0 Å². The third-order valence-corrected chi connectivity index (χ3v) is 3.35. The van der Waals surface area contributed by atoms with Gasteiger partial charge in [0.2, 0.25) is 0 Å². The minimum absolute atomic E-state index is 0.762. The van der Waals surface area contributed by atoms with Crippen LogP contribution in [0.25, 0.3) is 0 Å². The van der Waals surface area contributed by atoms with Crippen molar-refractivity contribution in [1.82, 2.24) is 0 Å². The van der Waals surface area contributed by atoms with Crippen molar-refractivity contribution in [3.05, 3.63) is 23.2 Å². The van der Waals surface area contributed by atoms with Gasteiger partial charge in [0.05, 0.1) is 11.4 Å². The zero-order chi connectivity index (χ0) is 10.8. The van der Waals surface area contributed by atoms with E-state index in [0.29, 0.717) is 0 Å². The maximum absolute atomic E-state index is 5.98. The smallest absolute Gasteiger partial charge is 0.0614 e. The molecule has 0 aromatic heterocycles. The molecule has 0 bridgehead atoms. The first-order chi connectivity index (χ1) is 7.16. The van der Waals surface area contributed by atoms with Crippen molar-refractivity contribution in [2.24, 2.45) is 5.92 Å². The predicted molar refractivity (Wildman–Crippen MR) is 66.5 cm³/mol. The fraction of sp³-hybridized carbons (Fsp3) is 0.500. The summed E-state index contributed by atoms with van der Waals surface area (Å²) in [5.41, 5.74) is 7.87. The molecule has 0 amide bonds. The molecule has 0 unspecified atom stereocenters. The predicted octanol–water partition coefficient (Wildman–Crippen LogP) is 3.16. The first-order valence-electron chi connectivity index (χ1n) is 5.47. The van der Waals surface area contributed by atoms with Gasteiger partial charge in [-0.3, -0.25) is 0 Å². The molecule has 1 aromatic carbocycles. The van der Waals surface area contributed by atoms with Gasteiger partial charge in [0, 0.05) is 18.1 Å². The highest BCUT2D eigenvalue weighted by atomic mass is 35.5. The molecule has 15 heavy (non-hydrogen) atoms. The summed E-state index contributed by atoms with van der Waals surface area (Å²) in [6, 6.07) is 5.69. The second-order valence-corrected chi connectivity index (χ2v) is 4.81. The van der Waals surface area contributed by atoms with Crippen LogP contribution >= 0.6 is 11.6 Å². The van der Waals surface area contributed by atoms with E-state index in [1.54, 1.807) is 0 Å². The summed E-state index contributed by atoms with van der Waals surface area (Å²) in [6.45, 7) is 4.48. The number of rotatable bonds is 1. The van der Waals surface area contributed by atoms with Crippen LogP contribution in [0.1, 0.15) is 19.8 Å². The van der Waals surface area contributed by atoms with Crippen molar-refractivity contribution >= 4 is 23.0 Å². The van der Waals surface area contributed by atoms with Crippen molar-refractivity contribution in [2.75, 3.05) is 23.7 Å². The van der Waals surface area contributed by atoms with Crippen LogP contribution in [-0.2, 0) is 0 Å². The number of benzene rings is 1. The molecule has 2 nitrogen and oxygen atoms in total. The lowest BCUT2D eigenvalue weighted by atomic mass is 9.98. The maximum Gasteiger partial charge on any atom is 0.0614 e. The summed E-state index contributed by atoms with van der Waals surface area (Å²) >= 11 is 5.98. The number of halogens is 1. The van der Waals surface area contributed by atoms with E-state index in [-0.39, 0.29) is 0 Å². The Hall–Kier alpha value is -0.890. The highest BCUT2D eigenvalue weighted by molar-refractivity contribution is 6.31. The van der Waals surface area contributed by atoms with E-state index in [4.69, 9.17) is 17.3 Å². The molecule has 0 radical (unpaired) electrons. The third-order valence-electron chi connectivity index (χ3n) is 3.12. The monoisotopic (exact) mass is 224 g/mol. The van der Waals surface area contributed by atoms with Crippen LogP contribution in [0.3, 0.4) is 0 Å². The highest BCUT2D eigenvalue weighted by Crippen LogP contribution is 2.30. The molecule has 1 fully saturated rings. The normalized spacial score (nSPS) is 18.1. The summed E-state index contributed by atoms with van der Waals surface area (Å²) in [5.74, 6) is 0.835. The Balaban J connectivity index is 2.18. The van der Waals surface area contributed by atoms with Crippen molar-refractivity contribution in [3.63, 3.8) is 0 Å². The van der Waals surface area contributed by atoms with Crippen LogP contribution in [0.4, 0.5) is 11.4 Å². The summed E-state index contributed by atoms with van der Waals surface area (Å²) in [6.07, 6.45) is 2.48. The molecule has 82 valence electrons. The molecule has 1 aliphatic rings. The van der Waals surface area contributed by atoms with Crippen molar-refractivity contribution in [2.45, 2.75) is 19.8 Å². The van der Waals surface area contributed by atoms with Gasteiger partial charge < -0.3 is 10.6 Å². The van der Waals surface area contributed by atoms with Gasteiger partial charge in [0.15, 0.2) is 0 Å². The molecule has 2 rings (SSSR count). The van der Waals surface area contributed by atoms with Crippen molar-refractivity contribution < 1.29 is 0 Å². The Bertz CT molecular complexity index is 343. The molecule has 1 aliphatic heterocycles. The molecular formula is C12H17ClN2. The van der Waals surface area contributed by atoms with E-state index in [0.717, 1.165) is 35.4 Å². The lowest BCUT2D eigenvalue weighted by Crippen LogP contribution is -2.33. The van der Waals surface area contributed by atoms with E-state index in [9.17, 15) is 0 Å². The van der Waals surface area contributed by atoms with Crippen LogP contribution in [0.5, 0.6) is 0 Å². The number of hydrogen-bond donors (Lipinski definition) is 1. The second kappa shape index (κ2) is 4.31. The Morgan fingerprint density at radius 2 is 2.00 bits per heavy atom. The summed E-state index contributed by atoms with van der Waals surface area (Å²) < 4.78 is 0. The Morgan fingerprint density at radius 3 is 2.67 bits per heavy atom. The number of nitrogen functional groups attached to an aromatic ring is 1. The topological polar surface area (TPSA) is 29.3 Å². The average Bonchev–Trinajstić information content (AvgIpc) is 2.23. The van der Waals surface area contributed by atoms with Gasteiger partial charge in [-0.25, -0.2) is 0 Å². The fourth-order valence-electron chi connectivity index (χ4n) is 2.04. The molecule has 1 heterocycles. The zero-order valence-corrected chi connectivity index (χ0v) is 9.80. The number of piperidine rings is 1. The minimum atomic E-state index is 0.762. The molecule has 1 saturated heterocycles. The summed E-state index contributed by atoms with van der Waals surface area (Å²) in [5, 5.41) is 0.762. The lowest BCUT2D eigenvalue weighted by Gasteiger charge is -2.33. The fourth-order valence-corrected chi connectivity index (χ4v) is 2.21. The van der Waals surface area contributed by atoms with E-state index >= 15 is 0 Å². The molecule has 3 heteroatoms. The second-order valence-electron chi connectivity index (χ2n) is 4.37. The average molecular weight is 225 g/mol. The maximum atomic E-state index is 5.98. The molecule has 0 aliphatic carbocycles. The van der Waals surface area contributed by atoms with Gasteiger partial charge in [-0.1, -0.05) is 18.5 Å². The third kappa shape index (κ3) is 2.37. The SMILES string of the molecule is CC1CCN(c2cc(Cl)ccc2N)CC1. The zero-order valence-electron chi connectivity index (χ0n) is 9.04. The van der Waals surface area contributed by atoms with Crippen LogP contribution in [-0.4, -0.2) is 13.1 Å². The first kappa shape index (κ1) is 10.6. The van der Waals surface area contributed by atoms with Crippen LogP contribution in [0.2, 0.25) is 5.02 Å². The lowest BCUT2D eigenvalue weighted by molar-refractivity contribution is 0.439. The van der Waals surface area contributed by atoms with Gasteiger partial charge in [-0.15, -0.1) is 0 Å². The van der Waals surface area contributed by atoms with Gasteiger partial charge in [-0.05, 0) is 37.0 Å². The van der Waals surface area contributed by atoms with E-state index in [1.165, 1.54) is 12.8 Å². The van der Waals surface area contributed by atoms with Crippen LogP contribution in [0, 0.1) is 5.92 Å². The molecule has 1 aromatic rings. The quantitative estimate of drug-likeness (QED) is 0.743. The molecule has 2 N–H and O–H groups in total. The van der Waals surface area contributed by atoms with Crippen molar-refractivity contribution in [1.29, 1.82) is 0 Å². The van der Waals surface area contributed by atoms with Gasteiger partial charge in [-0.2, -0.15) is 0 Å².